The molecule has 2 heteroatoms. The van der Waals surface area contributed by atoms with E-state index in [2.05, 4.69) is 25.1 Å². The molecule has 0 amide bonds. The van der Waals surface area contributed by atoms with Crippen LogP contribution in [-0.4, -0.2) is 6.29 Å². The summed E-state index contributed by atoms with van der Waals surface area (Å²) in [4.78, 5) is 13.0. The Morgan fingerprint density at radius 3 is 2.60 bits per heavy atom. The van der Waals surface area contributed by atoms with Gasteiger partial charge in [-0.2, -0.15) is 0 Å². The highest BCUT2D eigenvalue weighted by molar-refractivity contribution is 7.15. The monoisotopic (exact) mass is 216 g/mol. The zero-order chi connectivity index (χ0) is 10.8. The molecule has 0 saturated carbocycles. The third-order valence-electron chi connectivity index (χ3n) is 2.39. The quantitative estimate of drug-likeness (QED) is 0.697. The zero-order valence-corrected chi connectivity index (χ0v) is 9.60. The molecule has 0 unspecified atom stereocenters. The lowest BCUT2D eigenvalue weighted by atomic mass is 10.1. The molecule has 0 bridgehead atoms. The molecule has 0 atom stereocenters. The standard InChI is InChI=1S/C13H12OS/c1-9-4-3-5-11(6-9)13-7-12(8-14)10(2)15-13/h3-8H,1-2H3. The molecule has 0 aliphatic rings. The lowest BCUT2D eigenvalue weighted by molar-refractivity contribution is 0.112. The van der Waals surface area contributed by atoms with Gasteiger partial charge in [0.15, 0.2) is 6.29 Å². The van der Waals surface area contributed by atoms with Gasteiger partial charge in [0, 0.05) is 15.3 Å². The van der Waals surface area contributed by atoms with Crippen LogP contribution in [0.2, 0.25) is 0 Å². The predicted octanol–water partition coefficient (Wildman–Crippen LogP) is 3.84. The first-order valence-corrected chi connectivity index (χ1v) is 5.65. The van der Waals surface area contributed by atoms with Crippen molar-refractivity contribution >= 4 is 17.6 Å². The summed E-state index contributed by atoms with van der Waals surface area (Å²) in [6, 6.07) is 10.3. The van der Waals surface area contributed by atoms with E-state index in [-0.39, 0.29) is 0 Å². The van der Waals surface area contributed by atoms with E-state index in [4.69, 9.17) is 0 Å². The molecule has 0 saturated heterocycles. The van der Waals surface area contributed by atoms with E-state index < -0.39 is 0 Å². The fourth-order valence-corrected chi connectivity index (χ4v) is 2.54. The predicted molar refractivity (Wildman–Crippen MR) is 64.6 cm³/mol. The molecule has 1 aromatic carbocycles. The second kappa shape index (κ2) is 3.99. The van der Waals surface area contributed by atoms with Crippen molar-refractivity contribution in [1.82, 2.24) is 0 Å². The van der Waals surface area contributed by atoms with Crippen LogP contribution in [-0.2, 0) is 0 Å². The highest BCUT2D eigenvalue weighted by Gasteiger charge is 2.06. The summed E-state index contributed by atoms with van der Waals surface area (Å²) in [6.07, 6.45) is 0.922. The van der Waals surface area contributed by atoms with E-state index in [0.29, 0.717) is 0 Å². The Bertz CT molecular complexity index is 497. The number of hydrogen-bond donors (Lipinski definition) is 0. The van der Waals surface area contributed by atoms with Crippen molar-refractivity contribution in [1.29, 1.82) is 0 Å². The average molecular weight is 216 g/mol. The van der Waals surface area contributed by atoms with Gasteiger partial charge in [0.05, 0.1) is 0 Å². The van der Waals surface area contributed by atoms with E-state index in [0.717, 1.165) is 16.7 Å². The summed E-state index contributed by atoms with van der Waals surface area (Å²) in [5.74, 6) is 0. The minimum Gasteiger partial charge on any atom is -0.298 e. The molecular weight excluding hydrogens is 204 g/mol. The van der Waals surface area contributed by atoms with Crippen LogP contribution in [0.1, 0.15) is 20.8 Å². The summed E-state index contributed by atoms with van der Waals surface area (Å²) < 4.78 is 0. The maximum absolute atomic E-state index is 10.7. The largest absolute Gasteiger partial charge is 0.298 e. The summed E-state index contributed by atoms with van der Waals surface area (Å²) >= 11 is 1.67. The number of hydrogen-bond acceptors (Lipinski definition) is 2. The lowest BCUT2D eigenvalue weighted by Crippen LogP contribution is -1.76. The van der Waals surface area contributed by atoms with Gasteiger partial charge >= 0.3 is 0 Å². The number of carbonyl (C=O) groups is 1. The molecule has 0 aliphatic heterocycles. The molecule has 0 N–H and O–H groups in total. The SMILES string of the molecule is Cc1cccc(-c2cc(C=O)c(C)s2)c1. The summed E-state index contributed by atoms with van der Waals surface area (Å²) in [6.45, 7) is 4.05. The van der Waals surface area contributed by atoms with Crippen molar-refractivity contribution in [2.24, 2.45) is 0 Å². The van der Waals surface area contributed by atoms with E-state index in [1.165, 1.54) is 16.0 Å². The van der Waals surface area contributed by atoms with Crippen LogP contribution in [0.5, 0.6) is 0 Å². The molecular formula is C13H12OS. The highest BCUT2D eigenvalue weighted by Crippen LogP contribution is 2.30. The molecule has 0 radical (unpaired) electrons. The van der Waals surface area contributed by atoms with Crippen molar-refractivity contribution in [3.8, 4) is 10.4 Å². The van der Waals surface area contributed by atoms with Gasteiger partial charge in [-0.15, -0.1) is 11.3 Å². The Labute approximate surface area is 93.4 Å². The van der Waals surface area contributed by atoms with Gasteiger partial charge in [0.25, 0.3) is 0 Å². The smallest absolute Gasteiger partial charge is 0.151 e. The minimum absolute atomic E-state index is 0.802. The van der Waals surface area contributed by atoms with Crippen LogP contribution in [0.3, 0.4) is 0 Å². The van der Waals surface area contributed by atoms with Crippen LogP contribution in [0.25, 0.3) is 10.4 Å². The first-order valence-electron chi connectivity index (χ1n) is 4.83. The van der Waals surface area contributed by atoms with Gasteiger partial charge in [-0.05, 0) is 25.5 Å². The van der Waals surface area contributed by atoms with Gasteiger partial charge in [-0.1, -0.05) is 29.8 Å². The van der Waals surface area contributed by atoms with Crippen LogP contribution in [0, 0.1) is 13.8 Å². The van der Waals surface area contributed by atoms with Gasteiger partial charge in [-0.25, -0.2) is 0 Å². The Hall–Kier alpha value is -1.41. The molecule has 0 fully saturated rings. The first kappa shape index (κ1) is 10.1. The van der Waals surface area contributed by atoms with Crippen molar-refractivity contribution in [2.45, 2.75) is 13.8 Å². The molecule has 2 rings (SSSR count). The van der Waals surface area contributed by atoms with Crippen molar-refractivity contribution < 1.29 is 4.79 Å². The Kier molecular flexibility index (Phi) is 2.69. The molecule has 1 aromatic heterocycles. The Balaban J connectivity index is 2.49. The fraction of sp³-hybridized carbons (Fsp3) is 0.154. The number of aldehydes is 1. The van der Waals surface area contributed by atoms with Gasteiger partial charge in [0.2, 0.25) is 0 Å². The van der Waals surface area contributed by atoms with Gasteiger partial charge < -0.3 is 0 Å². The van der Waals surface area contributed by atoms with Crippen LogP contribution in [0.4, 0.5) is 0 Å². The second-order valence-corrected chi connectivity index (χ2v) is 4.87. The molecule has 2 aromatic rings. The Morgan fingerprint density at radius 2 is 2.00 bits per heavy atom. The van der Waals surface area contributed by atoms with Crippen molar-refractivity contribution in [3.63, 3.8) is 0 Å². The average Bonchev–Trinajstić information content (AvgIpc) is 2.60. The maximum atomic E-state index is 10.7. The number of carbonyl (C=O) groups excluding carboxylic acids is 1. The molecule has 1 heterocycles. The number of rotatable bonds is 2. The first-order chi connectivity index (χ1) is 7.20. The molecule has 76 valence electrons. The maximum Gasteiger partial charge on any atom is 0.151 e. The van der Waals surface area contributed by atoms with Crippen molar-refractivity contribution in [2.75, 3.05) is 0 Å². The fourth-order valence-electron chi connectivity index (χ4n) is 1.55. The summed E-state index contributed by atoms with van der Waals surface area (Å²) in [5.41, 5.74) is 3.24. The normalized spacial score (nSPS) is 10.3. The van der Waals surface area contributed by atoms with Gasteiger partial charge in [-0.3, -0.25) is 4.79 Å². The lowest BCUT2D eigenvalue weighted by Gasteiger charge is -1.97. The zero-order valence-electron chi connectivity index (χ0n) is 8.78. The third kappa shape index (κ3) is 2.00. The number of thiophene rings is 1. The van der Waals surface area contributed by atoms with Crippen LogP contribution in [0.15, 0.2) is 30.3 Å². The second-order valence-electron chi connectivity index (χ2n) is 3.61. The van der Waals surface area contributed by atoms with E-state index in [1.54, 1.807) is 11.3 Å². The highest BCUT2D eigenvalue weighted by atomic mass is 32.1. The Morgan fingerprint density at radius 1 is 1.20 bits per heavy atom. The summed E-state index contributed by atoms with van der Waals surface area (Å²) in [7, 11) is 0. The molecule has 0 spiro atoms. The van der Waals surface area contributed by atoms with E-state index >= 15 is 0 Å². The topological polar surface area (TPSA) is 17.1 Å². The van der Waals surface area contributed by atoms with E-state index in [1.807, 2.05) is 19.1 Å². The van der Waals surface area contributed by atoms with Crippen LogP contribution < -0.4 is 0 Å². The number of aryl methyl sites for hydroxylation is 2. The minimum atomic E-state index is 0.802. The molecule has 1 nitrogen and oxygen atoms in total. The third-order valence-corrected chi connectivity index (χ3v) is 3.50. The van der Waals surface area contributed by atoms with E-state index in [9.17, 15) is 4.79 Å². The number of benzene rings is 1. The molecule has 0 aliphatic carbocycles. The van der Waals surface area contributed by atoms with Crippen LogP contribution >= 0.6 is 11.3 Å². The summed E-state index contributed by atoms with van der Waals surface area (Å²) in [5, 5.41) is 0. The van der Waals surface area contributed by atoms with Crippen molar-refractivity contribution in [3.05, 3.63) is 46.3 Å². The molecule has 15 heavy (non-hydrogen) atoms. The van der Waals surface area contributed by atoms with Gasteiger partial charge in [0.1, 0.15) is 0 Å².